The van der Waals surface area contributed by atoms with E-state index in [1.807, 2.05) is 0 Å². The summed E-state index contributed by atoms with van der Waals surface area (Å²) in [5.74, 6) is 2.78. The van der Waals surface area contributed by atoms with Crippen LogP contribution >= 0.6 is 15.9 Å². The fraction of sp³-hybridized carbons (Fsp3) is 0.533. The average Bonchev–Trinajstić information content (AvgIpc) is 2.99. The molecule has 2 fully saturated rings. The number of nitrogens with zero attached hydrogens (tertiary/aromatic N) is 1. The maximum Gasteiger partial charge on any atom is 0.124 e. The van der Waals surface area contributed by atoms with Gasteiger partial charge < -0.3 is 10.3 Å². The molecule has 1 aliphatic heterocycles. The van der Waals surface area contributed by atoms with Crippen molar-refractivity contribution in [2.45, 2.75) is 32.2 Å². The number of imidazole rings is 1. The van der Waals surface area contributed by atoms with Gasteiger partial charge in [0, 0.05) is 4.47 Å². The zero-order valence-corrected chi connectivity index (χ0v) is 12.6. The first kappa shape index (κ1) is 11.9. The fourth-order valence-electron chi connectivity index (χ4n) is 3.90. The standard InChI is InChI=1S/C15H18BrN3/c1-8-5-10(16)6-12-13(8)19-15(18-12)14-11-4-2-3-9(11)7-17-14/h5-6,9,11,14,17H,2-4,7H2,1H3,(H,18,19). The molecule has 0 bridgehead atoms. The summed E-state index contributed by atoms with van der Waals surface area (Å²) in [5, 5.41) is 3.66. The minimum Gasteiger partial charge on any atom is -0.341 e. The van der Waals surface area contributed by atoms with Gasteiger partial charge in [0.1, 0.15) is 5.82 Å². The zero-order chi connectivity index (χ0) is 13.0. The van der Waals surface area contributed by atoms with Crippen LogP contribution in [-0.4, -0.2) is 16.5 Å². The fourth-order valence-corrected chi connectivity index (χ4v) is 4.47. The molecular weight excluding hydrogens is 302 g/mol. The Labute approximate surface area is 121 Å². The normalized spacial score (nSPS) is 30.1. The highest BCUT2D eigenvalue weighted by molar-refractivity contribution is 9.10. The number of aryl methyl sites for hydroxylation is 1. The Balaban J connectivity index is 1.77. The quantitative estimate of drug-likeness (QED) is 0.841. The van der Waals surface area contributed by atoms with Gasteiger partial charge in [-0.15, -0.1) is 0 Å². The summed E-state index contributed by atoms with van der Waals surface area (Å²) in [4.78, 5) is 8.39. The maximum atomic E-state index is 4.86. The number of fused-ring (bicyclic) bond motifs is 2. The summed E-state index contributed by atoms with van der Waals surface area (Å²) in [6.45, 7) is 3.28. The second-order valence-electron chi connectivity index (χ2n) is 5.98. The Bertz CT molecular complexity index is 634. The van der Waals surface area contributed by atoms with Crippen molar-refractivity contribution in [3.8, 4) is 0 Å². The molecule has 4 heteroatoms. The molecule has 0 radical (unpaired) electrons. The molecule has 2 aliphatic rings. The lowest BCUT2D eigenvalue weighted by Gasteiger charge is -2.15. The predicted octanol–water partition coefficient (Wildman–Crippen LogP) is 3.69. The van der Waals surface area contributed by atoms with Gasteiger partial charge in [-0.3, -0.25) is 0 Å². The third-order valence-corrected chi connectivity index (χ3v) is 5.26. The third-order valence-electron chi connectivity index (χ3n) is 4.80. The van der Waals surface area contributed by atoms with Gasteiger partial charge in [-0.1, -0.05) is 22.4 Å². The lowest BCUT2D eigenvalue weighted by atomic mass is 9.94. The Morgan fingerprint density at radius 1 is 1.32 bits per heavy atom. The highest BCUT2D eigenvalue weighted by Gasteiger charge is 2.40. The molecule has 1 saturated heterocycles. The number of nitrogens with one attached hydrogen (secondary N) is 2. The summed E-state index contributed by atoms with van der Waals surface area (Å²) < 4.78 is 1.12. The van der Waals surface area contributed by atoms with E-state index < -0.39 is 0 Å². The molecule has 3 nitrogen and oxygen atoms in total. The molecule has 0 amide bonds. The molecule has 2 heterocycles. The maximum absolute atomic E-state index is 4.86. The number of H-pyrrole nitrogens is 1. The Morgan fingerprint density at radius 3 is 3.11 bits per heavy atom. The molecule has 1 saturated carbocycles. The number of hydrogen-bond acceptors (Lipinski definition) is 2. The van der Waals surface area contributed by atoms with Crippen LogP contribution in [0.25, 0.3) is 11.0 Å². The van der Waals surface area contributed by atoms with E-state index in [4.69, 9.17) is 4.98 Å². The molecule has 3 unspecified atom stereocenters. The molecule has 1 aliphatic carbocycles. The van der Waals surface area contributed by atoms with Crippen molar-refractivity contribution < 1.29 is 0 Å². The lowest BCUT2D eigenvalue weighted by molar-refractivity contribution is 0.410. The van der Waals surface area contributed by atoms with Crippen molar-refractivity contribution in [2.24, 2.45) is 11.8 Å². The van der Waals surface area contributed by atoms with Crippen LogP contribution in [0.2, 0.25) is 0 Å². The van der Waals surface area contributed by atoms with Gasteiger partial charge in [-0.2, -0.15) is 0 Å². The predicted molar refractivity (Wildman–Crippen MR) is 80.1 cm³/mol. The topological polar surface area (TPSA) is 40.7 Å². The van der Waals surface area contributed by atoms with Crippen molar-refractivity contribution >= 4 is 27.0 Å². The number of benzene rings is 1. The highest BCUT2D eigenvalue weighted by atomic mass is 79.9. The van der Waals surface area contributed by atoms with Crippen LogP contribution in [-0.2, 0) is 0 Å². The van der Waals surface area contributed by atoms with Gasteiger partial charge in [-0.25, -0.2) is 4.98 Å². The molecular formula is C15H18BrN3. The highest BCUT2D eigenvalue weighted by Crippen LogP contribution is 2.44. The molecule has 1 aromatic carbocycles. The second-order valence-corrected chi connectivity index (χ2v) is 6.90. The van der Waals surface area contributed by atoms with Gasteiger partial charge in [-0.05, 0) is 55.8 Å². The van der Waals surface area contributed by atoms with Crippen LogP contribution in [0.5, 0.6) is 0 Å². The monoisotopic (exact) mass is 319 g/mol. The minimum atomic E-state index is 0.429. The van der Waals surface area contributed by atoms with Gasteiger partial charge in [0.2, 0.25) is 0 Å². The molecule has 0 spiro atoms. The van der Waals surface area contributed by atoms with E-state index in [-0.39, 0.29) is 0 Å². The summed E-state index contributed by atoms with van der Waals surface area (Å²) >= 11 is 3.56. The third kappa shape index (κ3) is 1.84. The summed E-state index contributed by atoms with van der Waals surface area (Å²) in [6, 6.07) is 4.69. The average molecular weight is 320 g/mol. The van der Waals surface area contributed by atoms with E-state index in [9.17, 15) is 0 Å². The summed E-state index contributed by atoms with van der Waals surface area (Å²) in [5.41, 5.74) is 3.49. The SMILES string of the molecule is Cc1cc(Br)cc2[nH]c(C3NCC4CCCC43)nc12. The number of aromatic nitrogens is 2. The summed E-state index contributed by atoms with van der Waals surface area (Å²) in [6.07, 6.45) is 4.12. The Kier molecular flexibility index (Phi) is 2.71. The van der Waals surface area contributed by atoms with Crippen LogP contribution in [0.15, 0.2) is 16.6 Å². The minimum absolute atomic E-state index is 0.429. The Morgan fingerprint density at radius 2 is 2.21 bits per heavy atom. The molecule has 2 aromatic rings. The second kappa shape index (κ2) is 4.32. The van der Waals surface area contributed by atoms with Crippen LogP contribution in [0, 0.1) is 18.8 Å². The molecule has 4 rings (SSSR count). The molecule has 19 heavy (non-hydrogen) atoms. The number of hydrogen-bond donors (Lipinski definition) is 2. The van der Waals surface area contributed by atoms with E-state index in [1.165, 1.54) is 24.8 Å². The van der Waals surface area contributed by atoms with Gasteiger partial charge in [0.05, 0.1) is 17.1 Å². The van der Waals surface area contributed by atoms with Crippen LogP contribution in [0.3, 0.4) is 0 Å². The molecule has 3 atom stereocenters. The first-order valence-electron chi connectivity index (χ1n) is 7.11. The van der Waals surface area contributed by atoms with Crippen LogP contribution in [0.4, 0.5) is 0 Å². The Hall–Kier alpha value is -0.870. The van der Waals surface area contributed by atoms with Crippen molar-refractivity contribution in [3.63, 3.8) is 0 Å². The van der Waals surface area contributed by atoms with Crippen molar-refractivity contribution in [2.75, 3.05) is 6.54 Å². The number of halogens is 1. The van der Waals surface area contributed by atoms with E-state index in [1.54, 1.807) is 0 Å². The number of rotatable bonds is 1. The summed E-state index contributed by atoms with van der Waals surface area (Å²) in [7, 11) is 0. The first-order chi connectivity index (χ1) is 9.22. The van der Waals surface area contributed by atoms with E-state index >= 15 is 0 Å². The molecule has 100 valence electrons. The van der Waals surface area contributed by atoms with E-state index in [2.05, 4.69) is 45.3 Å². The molecule has 2 N–H and O–H groups in total. The largest absolute Gasteiger partial charge is 0.341 e. The van der Waals surface area contributed by atoms with Crippen molar-refractivity contribution in [1.29, 1.82) is 0 Å². The van der Waals surface area contributed by atoms with Crippen LogP contribution < -0.4 is 5.32 Å². The van der Waals surface area contributed by atoms with Crippen molar-refractivity contribution in [1.82, 2.24) is 15.3 Å². The smallest absolute Gasteiger partial charge is 0.124 e. The van der Waals surface area contributed by atoms with E-state index in [0.717, 1.165) is 39.7 Å². The van der Waals surface area contributed by atoms with Gasteiger partial charge in [0.25, 0.3) is 0 Å². The van der Waals surface area contributed by atoms with Crippen molar-refractivity contribution in [3.05, 3.63) is 28.0 Å². The zero-order valence-electron chi connectivity index (χ0n) is 11.0. The molecule has 1 aromatic heterocycles. The van der Waals surface area contributed by atoms with Gasteiger partial charge in [0.15, 0.2) is 0 Å². The number of aromatic amines is 1. The van der Waals surface area contributed by atoms with E-state index in [0.29, 0.717) is 6.04 Å². The lowest BCUT2D eigenvalue weighted by Crippen LogP contribution is -2.19. The van der Waals surface area contributed by atoms with Crippen LogP contribution in [0.1, 0.15) is 36.7 Å². The first-order valence-corrected chi connectivity index (χ1v) is 7.91. The van der Waals surface area contributed by atoms with Gasteiger partial charge >= 0.3 is 0 Å².